The van der Waals surface area contributed by atoms with Crippen molar-refractivity contribution in [3.63, 3.8) is 0 Å². The molecule has 0 radical (unpaired) electrons. The van der Waals surface area contributed by atoms with Gasteiger partial charge in [-0.3, -0.25) is 4.79 Å². The Kier molecular flexibility index (Phi) is 4.61. The molecule has 2 aromatic rings. The molecule has 0 bridgehead atoms. The molecule has 0 saturated carbocycles. The normalized spacial score (nSPS) is 10.2. The molecule has 0 heterocycles. The fraction of sp³-hybridized carbons (Fsp3) is 0.0714. The molecule has 2 aromatic carbocycles. The maximum atomic E-state index is 10.8. The number of aliphatic carboxylic acids is 1. The molecule has 0 atom stereocenters. The number of carboxylic acids is 1. The lowest BCUT2D eigenvalue weighted by atomic mass is 10.1. The number of anilines is 2. The zero-order valence-corrected chi connectivity index (χ0v) is 13.0. The summed E-state index contributed by atoms with van der Waals surface area (Å²) in [6.07, 6.45) is -0.00516. The number of rotatable bonds is 4. The molecule has 0 aromatic heterocycles. The molecule has 0 saturated heterocycles. The van der Waals surface area contributed by atoms with E-state index in [9.17, 15) is 4.79 Å². The highest BCUT2D eigenvalue weighted by Crippen LogP contribution is 2.30. The zero-order valence-electron chi connectivity index (χ0n) is 9.86. The SMILES string of the molecule is O=C(O)Cc1ccccc1Nc1cc(Br)ccc1Br. The highest BCUT2D eigenvalue weighted by Gasteiger charge is 2.08. The number of hydrogen-bond acceptors (Lipinski definition) is 2. The van der Waals surface area contributed by atoms with Crippen LogP contribution in [0, 0.1) is 0 Å². The minimum atomic E-state index is -0.845. The van der Waals surface area contributed by atoms with Gasteiger partial charge in [0, 0.05) is 14.6 Å². The lowest BCUT2D eigenvalue weighted by Gasteiger charge is -2.12. The first-order valence-corrected chi connectivity index (χ1v) is 7.16. The van der Waals surface area contributed by atoms with Crippen LogP contribution in [0.15, 0.2) is 51.4 Å². The van der Waals surface area contributed by atoms with Gasteiger partial charge in [-0.15, -0.1) is 0 Å². The summed E-state index contributed by atoms with van der Waals surface area (Å²) in [5.41, 5.74) is 2.43. The standard InChI is InChI=1S/C14H11Br2NO2/c15-10-5-6-11(16)13(8-10)17-12-4-2-1-3-9(12)7-14(18)19/h1-6,8,17H,7H2,(H,18,19). The Balaban J connectivity index is 2.32. The smallest absolute Gasteiger partial charge is 0.307 e. The van der Waals surface area contributed by atoms with Gasteiger partial charge in [0.15, 0.2) is 0 Å². The second kappa shape index (κ2) is 6.21. The van der Waals surface area contributed by atoms with Gasteiger partial charge in [-0.05, 0) is 45.8 Å². The molecule has 0 aliphatic heterocycles. The second-order valence-corrected chi connectivity index (χ2v) is 5.75. The summed E-state index contributed by atoms with van der Waals surface area (Å²) >= 11 is 6.88. The Morgan fingerprint density at radius 3 is 2.58 bits per heavy atom. The number of carboxylic acid groups (broad SMARTS) is 1. The number of halogens is 2. The van der Waals surface area contributed by atoms with Crippen LogP contribution in [0.25, 0.3) is 0 Å². The summed E-state index contributed by atoms with van der Waals surface area (Å²) in [6.45, 7) is 0. The van der Waals surface area contributed by atoms with Crippen LogP contribution in [0.3, 0.4) is 0 Å². The van der Waals surface area contributed by atoms with E-state index in [0.29, 0.717) is 0 Å². The Bertz CT molecular complexity index is 614. The van der Waals surface area contributed by atoms with Crippen LogP contribution in [-0.2, 0) is 11.2 Å². The van der Waals surface area contributed by atoms with Crippen LogP contribution in [0.4, 0.5) is 11.4 Å². The molecule has 0 amide bonds. The van der Waals surface area contributed by atoms with Crippen molar-refractivity contribution in [1.82, 2.24) is 0 Å². The highest BCUT2D eigenvalue weighted by molar-refractivity contribution is 9.11. The number of hydrogen-bond donors (Lipinski definition) is 2. The molecule has 0 fully saturated rings. The van der Waals surface area contributed by atoms with E-state index >= 15 is 0 Å². The van der Waals surface area contributed by atoms with Crippen molar-refractivity contribution in [3.05, 3.63) is 57.0 Å². The molecular formula is C14H11Br2NO2. The Labute approximate surface area is 127 Å². The van der Waals surface area contributed by atoms with E-state index in [2.05, 4.69) is 37.2 Å². The third kappa shape index (κ3) is 3.81. The van der Waals surface area contributed by atoms with Gasteiger partial charge in [-0.25, -0.2) is 0 Å². The van der Waals surface area contributed by atoms with Crippen LogP contribution >= 0.6 is 31.9 Å². The Morgan fingerprint density at radius 2 is 1.84 bits per heavy atom. The Hall–Kier alpha value is -1.33. The topological polar surface area (TPSA) is 49.3 Å². The predicted octanol–water partition coefficient (Wildman–Crippen LogP) is 4.58. The van der Waals surface area contributed by atoms with Crippen molar-refractivity contribution < 1.29 is 9.90 Å². The van der Waals surface area contributed by atoms with Crippen LogP contribution in [0.2, 0.25) is 0 Å². The first kappa shape index (κ1) is 14.1. The van der Waals surface area contributed by atoms with Crippen LogP contribution in [0.1, 0.15) is 5.56 Å². The second-order valence-electron chi connectivity index (χ2n) is 3.98. The molecule has 0 spiro atoms. The van der Waals surface area contributed by atoms with E-state index in [0.717, 1.165) is 25.9 Å². The van der Waals surface area contributed by atoms with Crippen molar-refractivity contribution in [1.29, 1.82) is 0 Å². The van der Waals surface area contributed by atoms with Crippen molar-refractivity contribution >= 4 is 49.2 Å². The maximum Gasteiger partial charge on any atom is 0.307 e. The van der Waals surface area contributed by atoms with Gasteiger partial charge in [0.25, 0.3) is 0 Å². The summed E-state index contributed by atoms with van der Waals surface area (Å²) in [7, 11) is 0. The van der Waals surface area contributed by atoms with Gasteiger partial charge >= 0.3 is 5.97 Å². The number of nitrogens with one attached hydrogen (secondary N) is 1. The molecule has 3 nitrogen and oxygen atoms in total. The van der Waals surface area contributed by atoms with Crippen molar-refractivity contribution in [2.24, 2.45) is 0 Å². The summed E-state index contributed by atoms with van der Waals surface area (Å²) in [6, 6.07) is 13.2. The van der Waals surface area contributed by atoms with Crippen LogP contribution in [-0.4, -0.2) is 11.1 Å². The van der Waals surface area contributed by atoms with Crippen LogP contribution in [0.5, 0.6) is 0 Å². The predicted molar refractivity (Wildman–Crippen MR) is 82.9 cm³/mol. The molecule has 0 aliphatic rings. The monoisotopic (exact) mass is 383 g/mol. The van der Waals surface area contributed by atoms with Crippen molar-refractivity contribution in [2.45, 2.75) is 6.42 Å². The van der Waals surface area contributed by atoms with E-state index in [1.54, 1.807) is 0 Å². The van der Waals surface area contributed by atoms with Gasteiger partial charge in [0.1, 0.15) is 0 Å². The van der Waals surface area contributed by atoms with Gasteiger partial charge in [-0.2, -0.15) is 0 Å². The maximum absolute atomic E-state index is 10.8. The molecular weight excluding hydrogens is 374 g/mol. The first-order chi connectivity index (χ1) is 9.06. The van der Waals surface area contributed by atoms with Crippen molar-refractivity contribution in [2.75, 3.05) is 5.32 Å². The van der Waals surface area contributed by atoms with E-state index < -0.39 is 5.97 Å². The molecule has 0 unspecified atom stereocenters. The van der Waals surface area contributed by atoms with Crippen LogP contribution < -0.4 is 5.32 Å². The molecule has 5 heteroatoms. The van der Waals surface area contributed by atoms with Gasteiger partial charge < -0.3 is 10.4 Å². The first-order valence-electron chi connectivity index (χ1n) is 5.58. The molecule has 19 heavy (non-hydrogen) atoms. The average molecular weight is 385 g/mol. The molecule has 0 aliphatic carbocycles. The van der Waals surface area contributed by atoms with Crippen molar-refractivity contribution in [3.8, 4) is 0 Å². The fourth-order valence-corrected chi connectivity index (χ4v) is 2.40. The minimum absolute atomic E-state index is 0.00516. The summed E-state index contributed by atoms with van der Waals surface area (Å²) in [5, 5.41) is 12.2. The molecule has 98 valence electrons. The lowest BCUT2D eigenvalue weighted by Crippen LogP contribution is -2.03. The summed E-state index contributed by atoms with van der Waals surface area (Å²) < 4.78 is 1.87. The third-order valence-electron chi connectivity index (χ3n) is 2.56. The molecule has 2 N–H and O–H groups in total. The van der Waals surface area contributed by atoms with Gasteiger partial charge in [-0.1, -0.05) is 34.1 Å². The lowest BCUT2D eigenvalue weighted by molar-refractivity contribution is -0.136. The number of benzene rings is 2. The fourth-order valence-electron chi connectivity index (χ4n) is 1.70. The Morgan fingerprint density at radius 1 is 1.11 bits per heavy atom. The molecule has 2 rings (SSSR count). The summed E-state index contributed by atoms with van der Waals surface area (Å²) in [4.78, 5) is 10.8. The van der Waals surface area contributed by atoms with E-state index in [-0.39, 0.29) is 6.42 Å². The van der Waals surface area contributed by atoms with Gasteiger partial charge in [0.2, 0.25) is 0 Å². The summed E-state index contributed by atoms with van der Waals surface area (Å²) in [5.74, 6) is -0.845. The van der Waals surface area contributed by atoms with E-state index in [1.165, 1.54) is 0 Å². The van der Waals surface area contributed by atoms with E-state index in [4.69, 9.17) is 5.11 Å². The zero-order chi connectivity index (χ0) is 13.8. The number of carbonyl (C=O) groups is 1. The van der Waals surface area contributed by atoms with E-state index in [1.807, 2.05) is 42.5 Å². The largest absolute Gasteiger partial charge is 0.481 e. The quantitative estimate of drug-likeness (QED) is 0.810. The number of para-hydroxylation sites is 1. The third-order valence-corrected chi connectivity index (χ3v) is 3.74. The average Bonchev–Trinajstić information content (AvgIpc) is 2.35. The minimum Gasteiger partial charge on any atom is -0.481 e. The highest BCUT2D eigenvalue weighted by atomic mass is 79.9. The van der Waals surface area contributed by atoms with Gasteiger partial charge in [0.05, 0.1) is 12.1 Å².